The van der Waals surface area contributed by atoms with E-state index in [1.54, 1.807) is 0 Å². The lowest BCUT2D eigenvalue weighted by Gasteiger charge is -2.21. The van der Waals surface area contributed by atoms with Crippen molar-refractivity contribution >= 4 is 79.2 Å². The normalized spacial score (nSPS) is 12.9. The summed E-state index contributed by atoms with van der Waals surface area (Å²) < 4.78 is 5.26. The molecule has 0 amide bonds. The van der Waals surface area contributed by atoms with Gasteiger partial charge in [-0.2, -0.15) is 0 Å². The summed E-state index contributed by atoms with van der Waals surface area (Å²) >= 11 is 0. The molecule has 0 heterocycles. The number of aliphatic hydroxyl groups excluding tert-OH is 2. The molecule has 0 aliphatic rings. The van der Waals surface area contributed by atoms with Crippen molar-refractivity contribution in [3.63, 3.8) is 0 Å². The first-order valence-corrected chi connectivity index (χ1v) is 11.6. The van der Waals surface area contributed by atoms with E-state index in [-0.39, 0.29) is 60.5 Å². The highest BCUT2D eigenvalue weighted by Gasteiger charge is 2.31. The first kappa shape index (κ1) is 26.9. The van der Waals surface area contributed by atoms with Crippen LogP contribution in [-0.4, -0.2) is 79.0 Å². The smallest absolute Gasteiger partial charge is 0.343 e. The van der Waals surface area contributed by atoms with Gasteiger partial charge < -0.3 is 40.2 Å². The zero-order valence-electron chi connectivity index (χ0n) is 20.3. The number of carboxylic acid groups (broad SMARTS) is 4. The lowest BCUT2D eigenvalue weighted by atomic mass is 9.84. The van der Waals surface area contributed by atoms with Crippen molar-refractivity contribution in [1.29, 1.82) is 0 Å². The molecule has 5 aromatic rings. The molecule has 206 valence electrons. The standard InChI is InChI=1S/C28H16O13/c29-8-16(30)23(31)28(40)41-17-7-15(27(38)39)20-14(26(36)37)5-2-10-9-1-4-12(24(32)33)19-13(25(34)35)6-3-11(18(9)19)21(17)22(10)20/h1-8,16,23,30-31H,(H,32,33)(H,34,35)(H,36,37)(H,38,39). The van der Waals surface area contributed by atoms with E-state index < -0.39 is 58.9 Å². The Morgan fingerprint density at radius 1 is 0.585 bits per heavy atom. The van der Waals surface area contributed by atoms with Gasteiger partial charge in [0.25, 0.3) is 0 Å². The number of benzene rings is 5. The van der Waals surface area contributed by atoms with Gasteiger partial charge in [-0.1, -0.05) is 18.2 Å². The maximum atomic E-state index is 12.7. The zero-order chi connectivity index (χ0) is 29.9. The van der Waals surface area contributed by atoms with Crippen molar-refractivity contribution in [2.24, 2.45) is 0 Å². The number of esters is 1. The van der Waals surface area contributed by atoms with Crippen LogP contribution in [0.5, 0.6) is 5.75 Å². The molecule has 0 fully saturated rings. The van der Waals surface area contributed by atoms with Crippen LogP contribution in [0.2, 0.25) is 0 Å². The number of aromatic carboxylic acids is 4. The van der Waals surface area contributed by atoms with E-state index in [2.05, 4.69) is 0 Å². The van der Waals surface area contributed by atoms with Crippen LogP contribution in [0.25, 0.3) is 43.1 Å². The Labute approximate surface area is 226 Å². The molecule has 0 saturated heterocycles. The second-order valence-corrected chi connectivity index (χ2v) is 8.99. The third-order valence-electron chi connectivity index (χ3n) is 6.80. The quantitative estimate of drug-likeness (QED) is 0.0526. The van der Waals surface area contributed by atoms with Crippen molar-refractivity contribution in [3.8, 4) is 5.75 Å². The number of hydrogen-bond donors (Lipinski definition) is 6. The molecule has 6 N–H and O–H groups in total. The predicted octanol–water partition coefficient (Wildman–Crippen LogP) is 2.36. The topological polar surface area (TPSA) is 233 Å². The van der Waals surface area contributed by atoms with Gasteiger partial charge in [0.1, 0.15) is 11.9 Å². The molecular weight excluding hydrogens is 544 g/mol. The van der Waals surface area contributed by atoms with Crippen molar-refractivity contribution in [1.82, 2.24) is 0 Å². The summed E-state index contributed by atoms with van der Waals surface area (Å²) in [4.78, 5) is 72.2. The SMILES string of the molecule is O=CC(O)C(O)C(=O)Oc1cc(C(=O)O)c2c(C(=O)O)ccc3c4ccc(C(=O)O)c5c(C(=O)O)ccc(c1c23)c54. The highest BCUT2D eigenvalue weighted by Crippen LogP contribution is 2.47. The van der Waals surface area contributed by atoms with Crippen molar-refractivity contribution in [3.05, 3.63) is 64.7 Å². The van der Waals surface area contributed by atoms with Gasteiger partial charge >= 0.3 is 29.8 Å². The number of carbonyl (C=O) groups excluding carboxylic acids is 2. The number of fused-ring (bicyclic) bond motifs is 2. The fraction of sp³-hybridized carbons (Fsp3) is 0.0714. The number of rotatable bonds is 8. The third kappa shape index (κ3) is 3.95. The minimum absolute atomic E-state index is 0.0297. The minimum atomic E-state index is -2.38. The first-order chi connectivity index (χ1) is 19.4. The summed E-state index contributed by atoms with van der Waals surface area (Å²) in [6.07, 6.45) is -4.70. The van der Waals surface area contributed by atoms with Gasteiger partial charge in [-0.05, 0) is 45.8 Å². The lowest BCUT2D eigenvalue weighted by Crippen LogP contribution is -2.37. The minimum Gasteiger partial charge on any atom is -0.478 e. The zero-order valence-corrected chi connectivity index (χ0v) is 20.3. The molecule has 5 rings (SSSR count). The summed E-state index contributed by atoms with van der Waals surface area (Å²) in [6, 6.07) is 8.16. The average molecular weight is 560 g/mol. The van der Waals surface area contributed by atoms with Gasteiger partial charge in [0, 0.05) is 21.5 Å². The molecule has 0 aromatic heterocycles. The van der Waals surface area contributed by atoms with Crippen molar-refractivity contribution < 1.29 is 64.1 Å². The van der Waals surface area contributed by atoms with Gasteiger partial charge in [0.05, 0.1) is 22.3 Å². The van der Waals surface area contributed by atoms with E-state index in [4.69, 9.17) is 4.74 Å². The first-order valence-electron chi connectivity index (χ1n) is 11.6. The Kier molecular flexibility index (Phi) is 6.25. The van der Waals surface area contributed by atoms with E-state index in [1.165, 1.54) is 18.2 Å². The van der Waals surface area contributed by atoms with Gasteiger partial charge in [0.15, 0.2) is 12.4 Å². The summed E-state index contributed by atoms with van der Waals surface area (Å²) in [7, 11) is 0. The highest BCUT2D eigenvalue weighted by atomic mass is 16.6. The predicted molar refractivity (Wildman–Crippen MR) is 139 cm³/mol. The maximum absolute atomic E-state index is 12.7. The molecule has 13 heteroatoms. The summed E-state index contributed by atoms with van der Waals surface area (Å²) in [5.41, 5.74) is -1.80. The molecule has 13 nitrogen and oxygen atoms in total. The number of carboxylic acids is 4. The summed E-state index contributed by atoms with van der Waals surface area (Å²) in [6.45, 7) is 0. The average Bonchev–Trinajstić information content (AvgIpc) is 2.93. The van der Waals surface area contributed by atoms with Gasteiger partial charge in [-0.15, -0.1) is 0 Å². The third-order valence-corrected chi connectivity index (χ3v) is 6.80. The Hall–Kier alpha value is -5.66. The fourth-order valence-corrected chi connectivity index (χ4v) is 5.13. The van der Waals surface area contributed by atoms with Crippen LogP contribution >= 0.6 is 0 Å². The fourth-order valence-electron chi connectivity index (χ4n) is 5.13. The Balaban J connectivity index is 2.08. The van der Waals surface area contributed by atoms with Gasteiger partial charge in [0.2, 0.25) is 0 Å². The number of ether oxygens (including phenoxy) is 1. The van der Waals surface area contributed by atoms with Crippen LogP contribution in [0.1, 0.15) is 41.4 Å². The van der Waals surface area contributed by atoms with E-state index in [0.29, 0.717) is 0 Å². The summed E-state index contributed by atoms with van der Waals surface area (Å²) in [5, 5.41) is 59.1. The Bertz CT molecular complexity index is 1990. The van der Waals surface area contributed by atoms with Crippen LogP contribution in [0, 0.1) is 0 Å². The molecule has 2 atom stereocenters. The lowest BCUT2D eigenvalue weighted by molar-refractivity contribution is -0.151. The van der Waals surface area contributed by atoms with Crippen molar-refractivity contribution in [2.45, 2.75) is 12.2 Å². The second kappa shape index (κ2) is 9.51. The van der Waals surface area contributed by atoms with Gasteiger partial charge in [-0.25, -0.2) is 24.0 Å². The Morgan fingerprint density at radius 2 is 1.02 bits per heavy atom. The molecular formula is C28H16O13. The molecule has 0 radical (unpaired) electrons. The second-order valence-electron chi connectivity index (χ2n) is 8.99. The Morgan fingerprint density at radius 3 is 1.49 bits per heavy atom. The number of aliphatic hydroxyl groups is 2. The monoisotopic (exact) mass is 560 g/mol. The summed E-state index contributed by atoms with van der Waals surface area (Å²) in [5.74, 6) is -8.11. The van der Waals surface area contributed by atoms with Crippen LogP contribution in [0.15, 0.2) is 42.5 Å². The molecule has 2 unspecified atom stereocenters. The van der Waals surface area contributed by atoms with E-state index in [9.17, 15) is 59.4 Å². The molecule has 0 aliphatic carbocycles. The molecule has 0 saturated carbocycles. The van der Waals surface area contributed by atoms with Crippen molar-refractivity contribution in [2.75, 3.05) is 0 Å². The van der Waals surface area contributed by atoms with Crippen LogP contribution < -0.4 is 4.74 Å². The maximum Gasteiger partial charge on any atom is 0.343 e. The van der Waals surface area contributed by atoms with Crippen LogP contribution in [0.3, 0.4) is 0 Å². The molecule has 0 spiro atoms. The van der Waals surface area contributed by atoms with E-state index in [1.807, 2.05) is 0 Å². The molecule has 0 aliphatic heterocycles. The number of hydrogen-bond acceptors (Lipinski definition) is 9. The molecule has 0 bridgehead atoms. The largest absolute Gasteiger partial charge is 0.478 e. The van der Waals surface area contributed by atoms with Crippen LogP contribution in [-0.2, 0) is 9.59 Å². The number of carbonyl (C=O) groups is 6. The number of aldehydes is 1. The van der Waals surface area contributed by atoms with Crippen LogP contribution in [0.4, 0.5) is 0 Å². The highest BCUT2D eigenvalue weighted by molar-refractivity contribution is 6.39. The van der Waals surface area contributed by atoms with E-state index in [0.717, 1.165) is 24.3 Å². The van der Waals surface area contributed by atoms with E-state index >= 15 is 0 Å². The molecule has 5 aromatic carbocycles. The van der Waals surface area contributed by atoms with Gasteiger partial charge in [-0.3, -0.25) is 0 Å². The molecule has 41 heavy (non-hydrogen) atoms.